The summed E-state index contributed by atoms with van der Waals surface area (Å²) in [5, 5.41) is 3.69. The lowest BCUT2D eigenvalue weighted by molar-refractivity contribution is -0.113. The Morgan fingerprint density at radius 3 is 2.74 bits per heavy atom. The van der Waals surface area contributed by atoms with E-state index in [0.29, 0.717) is 34.9 Å². The second-order valence-corrected chi connectivity index (χ2v) is 8.15. The topological polar surface area (TPSA) is 116 Å². The largest absolute Gasteiger partial charge is 0.376 e. The van der Waals surface area contributed by atoms with Gasteiger partial charge in [0.2, 0.25) is 5.91 Å². The van der Waals surface area contributed by atoms with E-state index in [4.69, 9.17) is 10.5 Å². The van der Waals surface area contributed by atoms with Gasteiger partial charge in [-0.3, -0.25) is 19.0 Å². The molecule has 1 saturated heterocycles. The zero-order valence-corrected chi connectivity index (χ0v) is 17.6. The molecule has 2 aromatic carbocycles. The molecule has 31 heavy (non-hydrogen) atoms. The Morgan fingerprint density at radius 1 is 1.19 bits per heavy atom. The van der Waals surface area contributed by atoms with Crippen LogP contribution in [0.4, 0.5) is 5.69 Å². The fraction of sp³-hybridized carbons (Fsp3) is 0.273. The molecule has 0 bridgehead atoms. The Balaban J connectivity index is 1.56. The van der Waals surface area contributed by atoms with Crippen molar-refractivity contribution in [3.63, 3.8) is 0 Å². The molecule has 0 spiro atoms. The van der Waals surface area contributed by atoms with Crippen LogP contribution in [0.1, 0.15) is 23.2 Å². The molecule has 1 aliphatic heterocycles. The number of hydrogen-bond donors (Lipinski definition) is 2. The summed E-state index contributed by atoms with van der Waals surface area (Å²) < 4.78 is 7.29. The SMILES string of the molecule is NC(=O)c1ccccc1NC(=O)CSc1nc2ccccc2c(=O)n1CC1CCCO1. The van der Waals surface area contributed by atoms with Crippen molar-refractivity contribution in [3.8, 4) is 0 Å². The number of carbonyl (C=O) groups is 2. The van der Waals surface area contributed by atoms with E-state index in [0.717, 1.165) is 12.8 Å². The molecular formula is C22H22N4O4S. The molecule has 3 N–H and O–H groups in total. The number of thioether (sulfide) groups is 1. The van der Waals surface area contributed by atoms with E-state index in [1.807, 2.05) is 6.07 Å². The van der Waals surface area contributed by atoms with Crippen LogP contribution >= 0.6 is 11.8 Å². The molecule has 2 heterocycles. The summed E-state index contributed by atoms with van der Waals surface area (Å²) in [5.41, 5.74) is 6.39. The van der Waals surface area contributed by atoms with Crippen molar-refractivity contribution >= 4 is 40.2 Å². The summed E-state index contributed by atoms with van der Waals surface area (Å²) in [6, 6.07) is 13.7. The highest BCUT2D eigenvalue weighted by atomic mass is 32.2. The minimum Gasteiger partial charge on any atom is -0.376 e. The molecule has 1 unspecified atom stereocenters. The molecule has 160 valence electrons. The minimum atomic E-state index is -0.620. The standard InChI is InChI=1S/C22H22N4O4S/c23-20(28)15-7-1-3-9-17(15)24-19(27)13-31-22-25-18-10-4-2-8-16(18)21(29)26(22)12-14-6-5-11-30-14/h1-4,7-10,14H,5-6,11-13H2,(H2,23,28)(H,24,27). The van der Waals surface area contributed by atoms with Crippen molar-refractivity contribution in [2.45, 2.75) is 30.6 Å². The second-order valence-electron chi connectivity index (χ2n) is 7.21. The number of carbonyl (C=O) groups excluding carboxylic acids is 2. The van der Waals surface area contributed by atoms with Crippen LogP contribution in [-0.2, 0) is 16.1 Å². The third-order valence-electron chi connectivity index (χ3n) is 5.04. The molecule has 0 radical (unpaired) electrons. The number of benzene rings is 2. The van der Waals surface area contributed by atoms with Crippen LogP contribution in [0.3, 0.4) is 0 Å². The third kappa shape index (κ3) is 4.78. The van der Waals surface area contributed by atoms with E-state index in [2.05, 4.69) is 10.3 Å². The lowest BCUT2D eigenvalue weighted by Gasteiger charge is -2.16. The number of para-hydroxylation sites is 2. The van der Waals surface area contributed by atoms with E-state index < -0.39 is 5.91 Å². The summed E-state index contributed by atoms with van der Waals surface area (Å²) in [4.78, 5) is 41.8. The first kappa shape index (κ1) is 21.1. The zero-order valence-electron chi connectivity index (χ0n) is 16.7. The molecule has 9 heteroatoms. The van der Waals surface area contributed by atoms with Gasteiger partial charge in [-0.05, 0) is 37.1 Å². The summed E-state index contributed by atoms with van der Waals surface area (Å²) >= 11 is 1.17. The second kappa shape index (κ2) is 9.32. The first-order valence-corrected chi connectivity index (χ1v) is 10.9. The number of nitrogens with one attached hydrogen (secondary N) is 1. The molecule has 1 fully saturated rings. The summed E-state index contributed by atoms with van der Waals surface area (Å²) in [6.07, 6.45) is 1.80. The van der Waals surface area contributed by atoms with Crippen LogP contribution in [0.2, 0.25) is 0 Å². The molecule has 0 aliphatic carbocycles. The number of fused-ring (bicyclic) bond motifs is 1. The van der Waals surface area contributed by atoms with Crippen LogP contribution in [0.15, 0.2) is 58.5 Å². The monoisotopic (exact) mass is 438 g/mol. The van der Waals surface area contributed by atoms with Crippen LogP contribution in [-0.4, -0.2) is 39.8 Å². The van der Waals surface area contributed by atoms with Gasteiger partial charge in [0.1, 0.15) is 0 Å². The van der Waals surface area contributed by atoms with E-state index in [9.17, 15) is 14.4 Å². The van der Waals surface area contributed by atoms with Gasteiger partial charge in [0.05, 0.1) is 40.6 Å². The summed E-state index contributed by atoms with van der Waals surface area (Å²) in [7, 11) is 0. The van der Waals surface area contributed by atoms with Crippen molar-refractivity contribution in [1.82, 2.24) is 9.55 Å². The normalized spacial score (nSPS) is 15.8. The first-order valence-electron chi connectivity index (χ1n) is 9.95. The predicted octanol–water partition coefficient (Wildman–Crippen LogP) is 2.41. The van der Waals surface area contributed by atoms with Gasteiger partial charge in [0, 0.05) is 6.61 Å². The van der Waals surface area contributed by atoms with Gasteiger partial charge < -0.3 is 15.8 Å². The lowest BCUT2D eigenvalue weighted by Crippen LogP contribution is -2.29. The van der Waals surface area contributed by atoms with Crippen LogP contribution in [0.5, 0.6) is 0 Å². The Hall–Kier alpha value is -3.17. The number of amides is 2. The third-order valence-corrected chi connectivity index (χ3v) is 6.01. The van der Waals surface area contributed by atoms with Crippen molar-refractivity contribution in [2.75, 3.05) is 17.7 Å². The van der Waals surface area contributed by atoms with Gasteiger partial charge in [-0.1, -0.05) is 36.0 Å². The highest BCUT2D eigenvalue weighted by Gasteiger charge is 2.21. The van der Waals surface area contributed by atoms with Gasteiger partial charge in [0.15, 0.2) is 5.16 Å². The quantitative estimate of drug-likeness (QED) is 0.432. The van der Waals surface area contributed by atoms with E-state index in [-0.39, 0.29) is 28.9 Å². The molecule has 1 atom stereocenters. The van der Waals surface area contributed by atoms with Gasteiger partial charge in [-0.2, -0.15) is 0 Å². The average Bonchev–Trinajstić information content (AvgIpc) is 3.28. The predicted molar refractivity (Wildman–Crippen MR) is 119 cm³/mol. The Morgan fingerprint density at radius 2 is 1.97 bits per heavy atom. The Bertz CT molecular complexity index is 1190. The van der Waals surface area contributed by atoms with Gasteiger partial charge >= 0.3 is 0 Å². The van der Waals surface area contributed by atoms with Crippen LogP contribution in [0, 0.1) is 0 Å². The molecule has 3 aromatic rings. The van der Waals surface area contributed by atoms with Crippen molar-refractivity contribution in [3.05, 3.63) is 64.4 Å². The van der Waals surface area contributed by atoms with Gasteiger partial charge in [-0.15, -0.1) is 0 Å². The maximum Gasteiger partial charge on any atom is 0.262 e. The molecule has 0 saturated carbocycles. The van der Waals surface area contributed by atoms with E-state index >= 15 is 0 Å². The maximum atomic E-state index is 13.1. The van der Waals surface area contributed by atoms with Gasteiger partial charge in [-0.25, -0.2) is 4.98 Å². The van der Waals surface area contributed by atoms with E-state index in [1.165, 1.54) is 11.8 Å². The molecule has 2 amide bonds. The Labute approximate surface area is 182 Å². The highest BCUT2D eigenvalue weighted by molar-refractivity contribution is 7.99. The molecular weight excluding hydrogens is 416 g/mol. The van der Waals surface area contributed by atoms with Crippen LogP contribution in [0.25, 0.3) is 10.9 Å². The number of nitrogens with zero attached hydrogens (tertiary/aromatic N) is 2. The van der Waals surface area contributed by atoms with E-state index in [1.54, 1.807) is 47.0 Å². The fourth-order valence-corrected chi connectivity index (χ4v) is 4.34. The van der Waals surface area contributed by atoms with Crippen LogP contribution < -0.4 is 16.6 Å². The molecule has 1 aromatic heterocycles. The number of nitrogens with two attached hydrogens (primary N) is 1. The molecule has 4 rings (SSSR count). The minimum absolute atomic E-state index is 0.0173. The lowest BCUT2D eigenvalue weighted by atomic mass is 10.1. The number of rotatable bonds is 7. The Kier molecular flexibility index (Phi) is 6.34. The average molecular weight is 439 g/mol. The van der Waals surface area contributed by atoms with Crippen molar-refractivity contribution in [2.24, 2.45) is 5.73 Å². The van der Waals surface area contributed by atoms with Crippen molar-refractivity contribution in [1.29, 1.82) is 0 Å². The smallest absolute Gasteiger partial charge is 0.262 e. The number of ether oxygens (including phenoxy) is 1. The maximum absolute atomic E-state index is 13.1. The molecule has 1 aliphatic rings. The van der Waals surface area contributed by atoms with Gasteiger partial charge in [0.25, 0.3) is 11.5 Å². The summed E-state index contributed by atoms with van der Waals surface area (Å²) in [6.45, 7) is 1.08. The number of aromatic nitrogens is 2. The fourth-order valence-electron chi connectivity index (χ4n) is 3.53. The number of hydrogen-bond acceptors (Lipinski definition) is 6. The summed E-state index contributed by atoms with van der Waals surface area (Å²) in [5.74, 6) is -0.932. The zero-order chi connectivity index (χ0) is 21.8. The number of primary amides is 1. The first-order chi connectivity index (χ1) is 15.0. The highest BCUT2D eigenvalue weighted by Crippen LogP contribution is 2.22. The molecule has 8 nitrogen and oxygen atoms in total. The van der Waals surface area contributed by atoms with Crippen molar-refractivity contribution < 1.29 is 14.3 Å². The number of anilines is 1.